The molecule has 1 atom stereocenters. The van der Waals surface area contributed by atoms with Crippen LogP contribution in [0.15, 0.2) is 18.2 Å². The number of amides is 2. The molecule has 1 saturated carbocycles. The van der Waals surface area contributed by atoms with E-state index >= 15 is 0 Å². The van der Waals surface area contributed by atoms with Gasteiger partial charge in [0.15, 0.2) is 0 Å². The minimum absolute atomic E-state index is 0.146. The molecule has 28 heavy (non-hydrogen) atoms. The zero-order valence-electron chi connectivity index (χ0n) is 17.3. The molecule has 1 aromatic rings. The first kappa shape index (κ1) is 19.4. The van der Waals surface area contributed by atoms with E-state index in [1.807, 2.05) is 15.9 Å². The second kappa shape index (κ2) is 8.24. The maximum absolute atomic E-state index is 12.9. The van der Waals surface area contributed by atoms with Crippen LogP contribution in [0, 0.1) is 5.92 Å². The molecular weight excluding hydrogens is 350 g/mol. The number of likely N-dealkylation sites (tertiary alicyclic amines) is 1. The summed E-state index contributed by atoms with van der Waals surface area (Å²) >= 11 is 0. The largest absolute Gasteiger partial charge is 0.338 e. The van der Waals surface area contributed by atoms with E-state index in [9.17, 15) is 9.59 Å². The van der Waals surface area contributed by atoms with Crippen molar-refractivity contribution in [1.82, 2.24) is 14.7 Å². The average molecular weight is 384 g/mol. The SMILES string of the molecule is CN(C)[C@H]1CCN(C(=O)c2ccc3c(c2)CCN(C(=O)C2CCCCC2)C3)C1. The van der Waals surface area contributed by atoms with E-state index in [0.29, 0.717) is 18.5 Å². The van der Waals surface area contributed by atoms with Gasteiger partial charge in [-0.15, -0.1) is 0 Å². The van der Waals surface area contributed by atoms with Crippen LogP contribution in [0.1, 0.15) is 60.0 Å². The van der Waals surface area contributed by atoms with Gasteiger partial charge in [0, 0.05) is 43.7 Å². The molecule has 0 spiro atoms. The fraction of sp³-hybridized carbons (Fsp3) is 0.652. The molecule has 0 N–H and O–H groups in total. The van der Waals surface area contributed by atoms with Gasteiger partial charge in [-0.25, -0.2) is 0 Å². The van der Waals surface area contributed by atoms with E-state index in [4.69, 9.17) is 0 Å². The number of benzene rings is 1. The van der Waals surface area contributed by atoms with Crippen molar-refractivity contribution in [3.05, 3.63) is 34.9 Å². The maximum atomic E-state index is 12.9. The fourth-order valence-corrected chi connectivity index (χ4v) is 5.01. The molecule has 2 amide bonds. The Kier molecular flexibility index (Phi) is 5.72. The van der Waals surface area contributed by atoms with E-state index in [0.717, 1.165) is 50.9 Å². The Morgan fingerprint density at radius 1 is 0.964 bits per heavy atom. The van der Waals surface area contributed by atoms with Crippen LogP contribution in [0.4, 0.5) is 0 Å². The summed E-state index contributed by atoms with van der Waals surface area (Å²) in [6.07, 6.45) is 7.67. The summed E-state index contributed by atoms with van der Waals surface area (Å²) in [6, 6.07) is 6.56. The lowest BCUT2D eigenvalue weighted by Crippen LogP contribution is -2.40. The number of likely N-dealkylation sites (N-methyl/N-ethyl adjacent to an activating group) is 1. The second-order valence-corrected chi connectivity index (χ2v) is 8.99. The fourth-order valence-electron chi connectivity index (χ4n) is 5.01. The summed E-state index contributed by atoms with van der Waals surface area (Å²) in [5, 5.41) is 0. The van der Waals surface area contributed by atoms with E-state index < -0.39 is 0 Å². The number of hydrogen-bond acceptors (Lipinski definition) is 3. The van der Waals surface area contributed by atoms with Gasteiger partial charge in [-0.2, -0.15) is 0 Å². The normalized spacial score (nSPS) is 23.2. The summed E-state index contributed by atoms with van der Waals surface area (Å²) < 4.78 is 0. The lowest BCUT2D eigenvalue weighted by molar-refractivity contribution is -0.137. The molecule has 0 aromatic heterocycles. The molecule has 1 saturated heterocycles. The molecule has 0 bridgehead atoms. The molecule has 4 rings (SSSR count). The molecule has 0 unspecified atom stereocenters. The third-order valence-electron chi connectivity index (χ3n) is 6.91. The van der Waals surface area contributed by atoms with Crippen molar-refractivity contribution >= 4 is 11.8 Å². The topological polar surface area (TPSA) is 43.9 Å². The zero-order valence-corrected chi connectivity index (χ0v) is 17.3. The minimum atomic E-state index is 0.146. The van der Waals surface area contributed by atoms with Gasteiger partial charge in [0.2, 0.25) is 5.91 Å². The molecule has 1 aromatic carbocycles. The number of rotatable bonds is 3. The summed E-state index contributed by atoms with van der Waals surface area (Å²) in [6.45, 7) is 3.13. The van der Waals surface area contributed by atoms with Crippen LogP contribution in [0.3, 0.4) is 0 Å². The van der Waals surface area contributed by atoms with Crippen molar-refractivity contribution < 1.29 is 9.59 Å². The Labute approximate surface area is 168 Å². The van der Waals surface area contributed by atoms with Gasteiger partial charge in [-0.1, -0.05) is 25.3 Å². The number of carbonyl (C=O) groups excluding carboxylic acids is 2. The highest BCUT2D eigenvalue weighted by atomic mass is 16.2. The lowest BCUT2D eigenvalue weighted by Gasteiger charge is -2.33. The molecule has 3 aliphatic rings. The van der Waals surface area contributed by atoms with E-state index in [1.54, 1.807) is 0 Å². The number of hydrogen-bond donors (Lipinski definition) is 0. The Hall–Kier alpha value is -1.88. The number of nitrogens with zero attached hydrogens (tertiary/aromatic N) is 3. The molecule has 0 radical (unpaired) electrons. The van der Waals surface area contributed by atoms with Gasteiger partial charge in [0.05, 0.1) is 0 Å². The quantitative estimate of drug-likeness (QED) is 0.806. The Morgan fingerprint density at radius 2 is 1.75 bits per heavy atom. The van der Waals surface area contributed by atoms with Crippen molar-refractivity contribution in [3.8, 4) is 0 Å². The highest BCUT2D eigenvalue weighted by Crippen LogP contribution is 2.28. The van der Waals surface area contributed by atoms with Gasteiger partial charge >= 0.3 is 0 Å². The summed E-state index contributed by atoms with van der Waals surface area (Å²) in [4.78, 5) is 32.0. The molecule has 1 aliphatic carbocycles. The van der Waals surface area contributed by atoms with Crippen LogP contribution >= 0.6 is 0 Å². The van der Waals surface area contributed by atoms with Gasteiger partial charge < -0.3 is 14.7 Å². The standard InChI is InChI=1S/C23H33N3O2/c1-24(2)21-11-13-26(16-21)23(28)19-8-9-20-15-25(12-10-18(20)14-19)22(27)17-6-4-3-5-7-17/h8-9,14,17,21H,3-7,10-13,15-16H2,1-2H3/t21-/m0/s1. The highest BCUT2D eigenvalue weighted by Gasteiger charge is 2.30. The van der Waals surface area contributed by atoms with Gasteiger partial charge in [-0.3, -0.25) is 9.59 Å². The Bertz CT molecular complexity index is 739. The molecule has 2 fully saturated rings. The lowest BCUT2D eigenvalue weighted by atomic mass is 9.87. The predicted octanol–water partition coefficient (Wildman–Crippen LogP) is 2.93. The molecule has 2 heterocycles. The maximum Gasteiger partial charge on any atom is 0.253 e. The van der Waals surface area contributed by atoms with Crippen LogP contribution in [0.2, 0.25) is 0 Å². The molecular formula is C23H33N3O2. The zero-order chi connectivity index (χ0) is 19.7. The molecule has 5 nitrogen and oxygen atoms in total. The van der Waals surface area contributed by atoms with Crippen LogP contribution < -0.4 is 0 Å². The molecule has 5 heteroatoms. The van der Waals surface area contributed by atoms with Crippen LogP contribution in [-0.4, -0.2) is 66.3 Å². The first-order valence-electron chi connectivity index (χ1n) is 10.9. The number of carbonyl (C=O) groups is 2. The summed E-state index contributed by atoms with van der Waals surface area (Å²) in [5.41, 5.74) is 3.24. The van der Waals surface area contributed by atoms with Gasteiger partial charge in [-0.05, 0) is 63.0 Å². The predicted molar refractivity (Wildman–Crippen MR) is 110 cm³/mol. The molecule has 2 aliphatic heterocycles. The first-order chi connectivity index (χ1) is 13.5. The van der Waals surface area contributed by atoms with E-state index in [-0.39, 0.29) is 11.8 Å². The monoisotopic (exact) mass is 383 g/mol. The highest BCUT2D eigenvalue weighted by molar-refractivity contribution is 5.94. The van der Waals surface area contributed by atoms with Crippen molar-refractivity contribution in [2.45, 2.75) is 57.5 Å². The second-order valence-electron chi connectivity index (χ2n) is 8.99. The number of fused-ring (bicyclic) bond motifs is 1. The van der Waals surface area contributed by atoms with Gasteiger partial charge in [0.25, 0.3) is 5.91 Å². The van der Waals surface area contributed by atoms with Crippen molar-refractivity contribution in [3.63, 3.8) is 0 Å². The average Bonchev–Trinajstić information content (AvgIpc) is 3.23. The van der Waals surface area contributed by atoms with Crippen molar-refractivity contribution in [2.24, 2.45) is 5.92 Å². The summed E-state index contributed by atoms with van der Waals surface area (Å²) in [5.74, 6) is 0.723. The Morgan fingerprint density at radius 3 is 2.46 bits per heavy atom. The van der Waals surface area contributed by atoms with E-state index in [2.05, 4.69) is 31.1 Å². The molecule has 152 valence electrons. The van der Waals surface area contributed by atoms with Gasteiger partial charge in [0.1, 0.15) is 0 Å². The van der Waals surface area contributed by atoms with Crippen LogP contribution in [0.5, 0.6) is 0 Å². The minimum Gasteiger partial charge on any atom is -0.338 e. The first-order valence-corrected chi connectivity index (χ1v) is 10.9. The smallest absolute Gasteiger partial charge is 0.253 e. The summed E-state index contributed by atoms with van der Waals surface area (Å²) in [7, 11) is 4.16. The van der Waals surface area contributed by atoms with Crippen LogP contribution in [0.25, 0.3) is 0 Å². The third kappa shape index (κ3) is 3.95. The Balaban J connectivity index is 1.41. The van der Waals surface area contributed by atoms with Crippen molar-refractivity contribution in [2.75, 3.05) is 33.7 Å². The van der Waals surface area contributed by atoms with E-state index in [1.165, 1.54) is 30.4 Å². The third-order valence-corrected chi connectivity index (χ3v) is 6.91. The van der Waals surface area contributed by atoms with Crippen LogP contribution in [-0.2, 0) is 17.8 Å². The van der Waals surface area contributed by atoms with Crippen molar-refractivity contribution in [1.29, 1.82) is 0 Å².